The lowest BCUT2D eigenvalue weighted by atomic mass is 9.97. The Kier molecular flexibility index (Phi) is 5.25. The van der Waals surface area contributed by atoms with Crippen molar-refractivity contribution in [1.82, 2.24) is 29.1 Å². The van der Waals surface area contributed by atoms with Crippen LogP contribution in [-0.2, 0) is 33.4 Å². The topological polar surface area (TPSA) is 117 Å². The number of nitrogens with one attached hydrogen (secondary N) is 1. The minimum atomic E-state index is -3.62. The summed E-state index contributed by atoms with van der Waals surface area (Å²) in [5.41, 5.74) is 0.376. The van der Waals surface area contributed by atoms with Gasteiger partial charge in [-0.15, -0.1) is 0 Å². The molecule has 10 nitrogen and oxygen atoms in total. The van der Waals surface area contributed by atoms with Gasteiger partial charge in [-0.1, -0.05) is 6.07 Å². The molecule has 1 atom stereocenters. The average molecular weight is 457 g/mol. The highest BCUT2D eigenvalue weighted by molar-refractivity contribution is 7.89. The highest BCUT2D eigenvalue weighted by Gasteiger charge is 2.50. The van der Waals surface area contributed by atoms with E-state index in [1.165, 1.54) is 26.2 Å². The van der Waals surface area contributed by atoms with E-state index in [1.54, 1.807) is 37.4 Å². The molecule has 0 radical (unpaired) electrons. The van der Waals surface area contributed by atoms with Crippen molar-refractivity contribution in [3.63, 3.8) is 0 Å². The van der Waals surface area contributed by atoms with Crippen LogP contribution in [0.1, 0.15) is 25.4 Å². The van der Waals surface area contributed by atoms with Crippen molar-refractivity contribution in [2.75, 3.05) is 14.1 Å². The molecule has 1 aliphatic rings. The average Bonchev–Trinajstić information content (AvgIpc) is 3.23. The molecule has 1 unspecified atom stereocenters. The van der Waals surface area contributed by atoms with Crippen LogP contribution >= 0.6 is 0 Å². The summed E-state index contributed by atoms with van der Waals surface area (Å²) in [5, 5.41) is 2.73. The Morgan fingerprint density at radius 1 is 1.16 bits per heavy atom. The molecule has 32 heavy (non-hydrogen) atoms. The lowest BCUT2D eigenvalue weighted by Crippen LogP contribution is -2.41. The Balaban J connectivity index is 1.71. The predicted molar refractivity (Wildman–Crippen MR) is 117 cm³/mol. The zero-order chi connectivity index (χ0) is 23.3. The number of fused-ring (bicyclic) bond motifs is 1. The van der Waals surface area contributed by atoms with Crippen LogP contribution in [0, 0.1) is 0 Å². The Morgan fingerprint density at radius 2 is 1.91 bits per heavy atom. The summed E-state index contributed by atoms with van der Waals surface area (Å²) in [4.78, 5) is 35.9. The van der Waals surface area contributed by atoms with Crippen molar-refractivity contribution in [3.05, 3.63) is 54.1 Å². The first kappa shape index (κ1) is 21.9. The number of aromatic nitrogens is 3. The number of rotatable bonds is 6. The van der Waals surface area contributed by atoms with Crippen LogP contribution in [-0.4, -0.2) is 58.2 Å². The first-order chi connectivity index (χ1) is 15.1. The molecule has 0 aliphatic carbocycles. The van der Waals surface area contributed by atoms with E-state index in [0.29, 0.717) is 23.6 Å². The summed E-state index contributed by atoms with van der Waals surface area (Å²) in [6.07, 6.45) is 1.57. The minimum Gasteiger partial charge on any atom is -0.327 e. The van der Waals surface area contributed by atoms with Crippen LogP contribution in [0.25, 0.3) is 11.0 Å². The number of urea groups is 1. The molecule has 0 saturated carbocycles. The SMILES string of the molecule is CCn1c(CN2C(=O)NC(C)(c3ccccn3)C2=O)nc2cc(S(=O)(=O)N(C)C)ccc21. The zero-order valence-corrected chi connectivity index (χ0v) is 19.0. The molecule has 3 aromatic rings. The maximum Gasteiger partial charge on any atom is 0.325 e. The number of carbonyl (C=O) groups is 2. The van der Waals surface area contributed by atoms with Gasteiger partial charge in [0, 0.05) is 26.8 Å². The number of nitrogens with zero attached hydrogens (tertiary/aromatic N) is 5. The Morgan fingerprint density at radius 3 is 2.53 bits per heavy atom. The molecule has 1 aromatic carbocycles. The molecule has 4 rings (SSSR count). The molecule has 3 heterocycles. The van der Waals surface area contributed by atoms with Crippen molar-refractivity contribution < 1.29 is 18.0 Å². The quantitative estimate of drug-likeness (QED) is 0.564. The van der Waals surface area contributed by atoms with Crippen LogP contribution in [0.4, 0.5) is 4.79 Å². The van der Waals surface area contributed by atoms with E-state index in [2.05, 4.69) is 15.3 Å². The van der Waals surface area contributed by atoms with Gasteiger partial charge in [-0.3, -0.25) is 14.7 Å². The number of imide groups is 1. The van der Waals surface area contributed by atoms with Crippen LogP contribution in [0.5, 0.6) is 0 Å². The van der Waals surface area contributed by atoms with E-state index >= 15 is 0 Å². The monoisotopic (exact) mass is 456 g/mol. The number of imidazole rings is 1. The summed E-state index contributed by atoms with van der Waals surface area (Å²) in [6, 6.07) is 9.37. The number of benzene rings is 1. The van der Waals surface area contributed by atoms with Gasteiger partial charge < -0.3 is 9.88 Å². The van der Waals surface area contributed by atoms with Crippen LogP contribution in [0.3, 0.4) is 0 Å². The normalized spacial score (nSPS) is 19.2. The first-order valence-electron chi connectivity index (χ1n) is 10.1. The third-order valence-electron chi connectivity index (χ3n) is 5.65. The number of amides is 3. The van der Waals surface area contributed by atoms with E-state index in [-0.39, 0.29) is 11.4 Å². The lowest BCUT2D eigenvalue weighted by Gasteiger charge is -2.20. The van der Waals surface area contributed by atoms with Crippen molar-refractivity contribution in [2.45, 2.75) is 37.4 Å². The standard InChI is InChI=1S/C21H24N6O4S/c1-5-26-16-10-9-14(32(30,31)25(3)4)12-15(16)23-18(26)13-27-19(28)21(2,24-20(27)29)17-8-6-7-11-22-17/h6-12H,5,13H2,1-4H3,(H,24,29). The van der Waals surface area contributed by atoms with Gasteiger partial charge in [0.2, 0.25) is 10.0 Å². The van der Waals surface area contributed by atoms with Gasteiger partial charge in [-0.25, -0.2) is 22.5 Å². The lowest BCUT2D eigenvalue weighted by molar-refractivity contribution is -0.131. The highest BCUT2D eigenvalue weighted by Crippen LogP contribution is 2.29. The number of hydrogen-bond acceptors (Lipinski definition) is 6. The summed E-state index contributed by atoms with van der Waals surface area (Å²) in [6.45, 7) is 4.02. The number of pyridine rings is 1. The molecular formula is C21H24N6O4S. The van der Waals surface area contributed by atoms with Gasteiger partial charge in [0.05, 0.1) is 28.2 Å². The number of hydrogen-bond donors (Lipinski definition) is 1. The second kappa shape index (κ2) is 7.68. The van der Waals surface area contributed by atoms with E-state index in [0.717, 1.165) is 14.7 Å². The molecule has 3 amide bonds. The van der Waals surface area contributed by atoms with E-state index < -0.39 is 27.5 Å². The van der Waals surface area contributed by atoms with Crippen molar-refractivity contribution in [3.8, 4) is 0 Å². The molecule has 1 aliphatic heterocycles. The van der Waals surface area contributed by atoms with Crippen molar-refractivity contribution in [1.29, 1.82) is 0 Å². The third-order valence-corrected chi connectivity index (χ3v) is 7.46. The maximum atomic E-state index is 13.2. The van der Waals surface area contributed by atoms with E-state index in [1.807, 2.05) is 11.5 Å². The van der Waals surface area contributed by atoms with Gasteiger partial charge >= 0.3 is 6.03 Å². The summed E-state index contributed by atoms with van der Waals surface area (Å²) >= 11 is 0. The van der Waals surface area contributed by atoms with Crippen LogP contribution in [0.15, 0.2) is 47.5 Å². The Bertz CT molecular complexity index is 1320. The fourth-order valence-electron chi connectivity index (χ4n) is 3.82. The molecule has 11 heteroatoms. The fraction of sp³-hybridized carbons (Fsp3) is 0.333. The largest absolute Gasteiger partial charge is 0.327 e. The molecule has 168 valence electrons. The fourth-order valence-corrected chi connectivity index (χ4v) is 4.74. The van der Waals surface area contributed by atoms with Gasteiger partial charge in [0.25, 0.3) is 5.91 Å². The van der Waals surface area contributed by atoms with Gasteiger partial charge in [0.15, 0.2) is 5.54 Å². The minimum absolute atomic E-state index is 0.0502. The van der Waals surface area contributed by atoms with Gasteiger partial charge in [-0.05, 0) is 44.2 Å². The summed E-state index contributed by atoms with van der Waals surface area (Å²) in [7, 11) is -0.688. The smallest absolute Gasteiger partial charge is 0.325 e. The number of aryl methyl sites for hydroxylation is 1. The maximum absolute atomic E-state index is 13.2. The van der Waals surface area contributed by atoms with Crippen LogP contribution in [0.2, 0.25) is 0 Å². The van der Waals surface area contributed by atoms with Crippen molar-refractivity contribution in [2.24, 2.45) is 0 Å². The number of sulfonamides is 1. The second-order valence-corrected chi connectivity index (χ2v) is 10.0. The summed E-state index contributed by atoms with van der Waals surface area (Å²) < 4.78 is 28.0. The van der Waals surface area contributed by atoms with Crippen LogP contribution < -0.4 is 5.32 Å². The zero-order valence-electron chi connectivity index (χ0n) is 18.2. The predicted octanol–water partition coefficient (Wildman–Crippen LogP) is 1.67. The molecule has 2 aromatic heterocycles. The first-order valence-corrected chi connectivity index (χ1v) is 11.5. The second-order valence-electron chi connectivity index (χ2n) is 7.87. The van der Waals surface area contributed by atoms with E-state index in [4.69, 9.17) is 0 Å². The molecule has 0 spiro atoms. The Labute approximate surface area is 185 Å². The molecular weight excluding hydrogens is 432 g/mol. The molecule has 1 N–H and O–H groups in total. The highest BCUT2D eigenvalue weighted by atomic mass is 32.2. The molecule has 1 fully saturated rings. The Hall–Kier alpha value is -3.31. The van der Waals surface area contributed by atoms with Crippen molar-refractivity contribution >= 4 is 33.0 Å². The number of carbonyl (C=O) groups excluding carboxylic acids is 2. The molecule has 1 saturated heterocycles. The van der Waals surface area contributed by atoms with E-state index in [9.17, 15) is 18.0 Å². The van der Waals surface area contributed by atoms with Gasteiger partial charge in [-0.2, -0.15) is 0 Å². The molecule has 0 bridgehead atoms. The summed E-state index contributed by atoms with van der Waals surface area (Å²) in [5.74, 6) is 0.0578. The van der Waals surface area contributed by atoms with Gasteiger partial charge in [0.1, 0.15) is 5.82 Å². The third kappa shape index (κ3) is 3.33.